The molecule has 1 atom stereocenters. The van der Waals surface area contributed by atoms with Crippen molar-refractivity contribution in [2.75, 3.05) is 31.6 Å². The Morgan fingerprint density at radius 2 is 2.08 bits per heavy atom. The number of nitriles is 1. The number of carbonyl (C=O) groups is 1. The van der Waals surface area contributed by atoms with Crippen molar-refractivity contribution in [1.82, 2.24) is 14.9 Å². The van der Waals surface area contributed by atoms with E-state index < -0.39 is 11.6 Å². The minimum absolute atomic E-state index is 0.0329. The molecule has 1 fully saturated rings. The highest BCUT2D eigenvalue weighted by Crippen LogP contribution is 2.44. The second kappa shape index (κ2) is 9.82. The van der Waals surface area contributed by atoms with E-state index in [4.69, 9.17) is 16.3 Å². The van der Waals surface area contributed by atoms with Gasteiger partial charge in [0.2, 0.25) is 11.8 Å². The second-order valence-electron chi connectivity index (χ2n) is 9.10. The number of anilines is 1. The summed E-state index contributed by atoms with van der Waals surface area (Å²) in [4.78, 5) is 24.8. The molecule has 0 N–H and O–H groups in total. The molecule has 2 aromatic carbocycles. The zero-order valence-electron chi connectivity index (χ0n) is 20.8. The van der Waals surface area contributed by atoms with Crippen molar-refractivity contribution >= 4 is 55.7 Å². The highest BCUT2D eigenvalue weighted by Gasteiger charge is 2.32. The van der Waals surface area contributed by atoms with Crippen LogP contribution >= 0.6 is 22.9 Å². The van der Waals surface area contributed by atoms with Crippen molar-refractivity contribution in [1.29, 1.82) is 5.26 Å². The van der Waals surface area contributed by atoms with Gasteiger partial charge in [-0.25, -0.2) is 18.7 Å². The van der Waals surface area contributed by atoms with E-state index in [-0.39, 0.29) is 39.5 Å². The number of amides is 1. The maximum atomic E-state index is 16.3. The number of aromatic nitrogens is 2. The first kappa shape index (κ1) is 25.8. The molecule has 1 amide bonds. The van der Waals surface area contributed by atoms with Gasteiger partial charge in [0.05, 0.1) is 33.5 Å². The molecule has 1 aliphatic heterocycles. The van der Waals surface area contributed by atoms with Crippen LogP contribution in [0.2, 0.25) is 5.02 Å². The molecule has 2 aromatic heterocycles. The number of halogens is 3. The van der Waals surface area contributed by atoms with Crippen LogP contribution in [0.15, 0.2) is 35.9 Å². The number of thiazole rings is 1. The van der Waals surface area contributed by atoms with Gasteiger partial charge >= 0.3 is 0 Å². The summed E-state index contributed by atoms with van der Waals surface area (Å²) < 4.78 is 36.3. The molecule has 0 radical (unpaired) electrons. The number of benzene rings is 2. The molecular weight excluding hydrogens is 532 g/mol. The van der Waals surface area contributed by atoms with Gasteiger partial charge in [0.1, 0.15) is 23.0 Å². The number of hydrogen-bond donors (Lipinski definition) is 0. The third-order valence-corrected chi connectivity index (χ3v) is 7.82. The summed E-state index contributed by atoms with van der Waals surface area (Å²) in [5, 5.41) is 10.4. The Morgan fingerprint density at radius 1 is 1.32 bits per heavy atom. The van der Waals surface area contributed by atoms with Crippen LogP contribution in [0, 0.1) is 23.0 Å². The van der Waals surface area contributed by atoms with Crippen molar-refractivity contribution in [2.45, 2.75) is 19.9 Å². The fraction of sp³-hybridized carbons (Fsp3) is 0.259. The van der Waals surface area contributed by atoms with Crippen LogP contribution in [0.4, 0.5) is 14.5 Å². The Morgan fingerprint density at radius 3 is 2.74 bits per heavy atom. The fourth-order valence-corrected chi connectivity index (χ4v) is 5.96. The summed E-state index contributed by atoms with van der Waals surface area (Å²) in [5.41, 5.74) is 3.11. The van der Waals surface area contributed by atoms with Gasteiger partial charge in [0, 0.05) is 47.8 Å². The molecule has 4 aromatic rings. The number of carbonyl (C=O) groups excluding carboxylic acids is 1. The summed E-state index contributed by atoms with van der Waals surface area (Å²) in [5.74, 6) is -1.36. The molecule has 1 saturated heterocycles. The number of fused-ring (bicyclic) bond motifs is 2. The smallest absolute Gasteiger partial charge is 0.249 e. The summed E-state index contributed by atoms with van der Waals surface area (Å²) in [6, 6.07) is 6.20. The minimum atomic E-state index is -0.735. The Kier molecular flexibility index (Phi) is 6.67. The van der Waals surface area contributed by atoms with Crippen LogP contribution in [0.5, 0.6) is 5.88 Å². The standard InChI is InChI=1S/C27H22ClF2N5O2S/c1-13(2)27(36)35-8-7-34(11-14(35)3)24-16-9-18(28)20(15-5-6-19(29)25-23(15)32-12-38-25)21(30)22(16)33-26(37-4)17(24)10-31/h5-6,9,12,14H,1,7-8,11H2,2-4H3/t14-/m1/s1. The monoisotopic (exact) mass is 553 g/mol. The van der Waals surface area contributed by atoms with Crippen molar-refractivity contribution in [2.24, 2.45) is 0 Å². The molecule has 0 saturated carbocycles. The Balaban J connectivity index is 1.72. The van der Waals surface area contributed by atoms with Gasteiger partial charge in [0.15, 0.2) is 5.82 Å². The molecule has 38 heavy (non-hydrogen) atoms. The first-order valence-corrected chi connectivity index (χ1v) is 13.0. The Hall–Kier alpha value is -3.81. The Bertz CT molecular complexity index is 1680. The molecule has 194 valence electrons. The number of ether oxygens (including phenoxy) is 1. The number of methoxy groups -OCH3 is 1. The van der Waals surface area contributed by atoms with E-state index >= 15 is 4.39 Å². The summed E-state index contributed by atoms with van der Waals surface area (Å²) in [7, 11) is 1.36. The maximum Gasteiger partial charge on any atom is 0.249 e. The van der Waals surface area contributed by atoms with Gasteiger partial charge in [-0.3, -0.25) is 4.79 Å². The predicted molar refractivity (Wildman–Crippen MR) is 145 cm³/mol. The topological polar surface area (TPSA) is 82.4 Å². The molecule has 0 aliphatic carbocycles. The number of piperazine rings is 1. The lowest BCUT2D eigenvalue weighted by Gasteiger charge is -2.41. The molecule has 11 heteroatoms. The molecule has 1 aliphatic rings. The van der Waals surface area contributed by atoms with Gasteiger partial charge in [-0.2, -0.15) is 5.26 Å². The van der Waals surface area contributed by atoms with E-state index in [2.05, 4.69) is 22.6 Å². The van der Waals surface area contributed by atoms with Crippen LogP contribution in [-0.4, -0.2) is 53.6 Å². The van der Waals surface area contributed by atoms with Crippen LogP contribution in [0.1, 0.15) is 19.4 Å². The lowest BCUT2D eigenvalue weighted by atomic mass is 9.98. The molecular formula is C27H22ClF2N5O2S. The molecule has 3 heterocycles. The van der Waals surface area contributed by atoms with E-state index in [1.54, 1.807) is 17.9 Å². The average molecular weight is 554 g/mol. The average Bonchev–Trinajstić information content (AvgIpc) is 3.39. The van der Waals surface area contributed by atoms with Gasteiger partial charge in [-0.15, -0.1) is 11.3 Å². The SMILES string of the molecule is C=C(C)C(=O)N1CCN(c2c(C#N)c(OC)nc3c(F)c(-c4ccc(F)c5scnc45)c(Cl)cc23)C[C@H]1C. The first-order chi connectivity index (χ1) is 18.2. The van der Waals surface area contributed by atoms with Crippen LogP contribution < -0.4 is 9.64 Å². The van der Waals surface area contributed by atoms with E-state index in [0.717, 1.165) is 11.3 Å². The van der Waals surface area contributed by atoms with Crippen LogP contribution in [0.3, 0.4) is 0 Å². The highest BCUT2D eigenvalue weighted by molar-refractivity contribution is 7.16. The number of rotatable bonds is 4. The molecule has 0 unspecified atom stereocenters. The van der Waals surface area contributed by atoms with Crippen LogP contribution in [-0.2, 0) is 4.79 Å². The Labute approximate surface area is 226 Å². The van der Waals surface area contributed by atoms with Crippen molar-refractivity contribution < 1.29 is 18.3 Å². The molecule has 7 nitrogen and oxygen atoms in total. The van der Waals surface area contributed by atoms with E-state index in [0.29, 0.717) is 52.1 Å². The van der Waals surface area contributed by atoms with E-state index in [9.17, 15) is 14.4 Å². The number of nitrogens with zero attached hydrogens (tertiary/aromatic N) is 5. The summed E-state index contributed by atoms with van der Waals surface area (Å²) in [6.45, 7) is 8.48. The molecule has 0 spiro atoms. The normalized spacial score (nSPS) is 15.7. The minimum Gasteiger partial charge on any atom is -0.480 e. The number of pyridine rings is 1. The third kappa shape index (κ3) is 4.03. The largest absolute Gasteiger partial charge is 0.480 e. The highest BCUT2D eigenvalue weighted by atomic mass is 35.5. The lowest BCUT2D eigenvalue weighted by molar-refractivity contribution is -0.129. The zero-order chi connectivity index (χ0) is 27.3. The van der Waals surface area contributed by atoms with Gasteiger partial charge in [0.25, 0.3) is 0 Å². The van der Waals surface area contributed by atoms with Crippen LogP contribution in [0.25, 0.3) is 32.2 Å². The fourth-order valence-electron chi connectivity index (χ4n) is 4.94. The van der Waals surface area contributed by atoms with Crippen molar-refractivity contribution in [3.8, 4) is 23.1 Å². The van der Waals surface area contributed by atoms with Gasteiger partial charge in [-0.1, -0.05) is 18.2 Å². The zero-order valence-corrected chi connectivity index (χ0v) is 22.4. The lowest BCUT2D eigenvalue weighted by Crippen LogP contribution is -2.54. The third-order valence-electron chi connectivity index (χ3n) is 6.69. The quantitative estimate of drug-likeness (QED) is 0.291. The van der Waals surface area contributed by atoms with Gasteiger partial charge in [-0.05, 0) is 32.0 Å². The predicted octanol–water partition coefficient (Wildman–Crippen LogP) is 5.94. The molecule has 0 bridgehead atoms. The van der Waals surface area contributed by atoms with E-state index in [1.165, 1.54) is 24.8 Å². The van der Waals surface area contributed by atoms with Gasteiger partial charge < -0.3 is 14.5 Å². The summed E-state index contributed by atoms with van der Waals surface area (Å²) in [6.07, 6.45) is 0. The molecule has 5 rings (SSSR count). The van der Waals surface area contributed by atoms with Crippen molar-refractivity contribution in [3.63, 3.8) is 0 Å². The maximum absolute atomic E-state index is 16.3. The first-order valence-electron chi connectivity index (χ1n) is 11.7. The van der Waals surface area contributed by atoms with E-state index in [1.807, 2.05) is 11.8 Å². The summed E-state index contributed by atoms with van der Waals surface area (Å²) >= 11 is 7.79. The number of hydrogen-bond acceptors (Lipinski definition) is 7. The second-order valence-corrected chi connectivity index (χ2v) is 10.4. The van der Waals surface area contributed by atoms with Crippen molar-refractivity contribution in [3.05, 3.63) is 58.1 Å².